The molecule has 0 aromatic carbocycles. The maximum Gasteiger partial charge on any atom is 0.257 e. The fourth-order valence-corrected chi connectivity index (χ4v) is 1.90. The largest absolute Gasteiger partial charge is 0.377 e. The summed E-state index contributed by atoms with van der Waals surface area (Å²) in [6, 6.07) is 1.71. The number of carbonyl (C=O) groups excluding carboxylic acids is 1. The first-order chi connectivity index (χ1) is 7.70. The van der Waals surface area contributed by atoms with Gasteiger partial charge in [-0.15, -0.1) is 0 Å². The highest BCUT2D eigenvalue weighted by Gasteiger charge is 2.26. The molecule has 0 N–H and O–H groups in total. The molecule has 1 saturated heterocycles. The lowest BCUT2D eigenvalue weighted by molar-refractivity contribution is 0.00358. The second kappa shape index (κ2) is 4.80. The number of carbonyl (C=O) groups is 1. The van der Waals surface area contributed by atoms with Gasteiger partial charge in [-0.25, -0.2) is 0 Å². The zero-order chi connectivity index (χ0) is 11.5. The maximum absolute atomic E-state index is 12.2. The smallest absolute Gasteiger partial charge is 0.257 e. The Kier molecular flexibility index (Phi) is 3.41. The lowest BCUT2D eigenvalue weighted by atomic mass is 10.2. The summed E-state index contributed by atoms with van der Waals surface area (Å²) in [5, 5.41) is 0.443. The number of rotatable bonds is 1. The normalized spacial score (nSPS) is 20.9. The van der Waals surface area contributed by atoms with Crippen LogP contribution in [-0.2, 0) is 4.74 Å². The van der Waals surface area contributed by atoms with E-state index in [1.165, 1.54) is 6.20 Å². The quantitative estimate of drug-likeness (QED) is 0.749. The monoisotopic (exact) mass is 240 g/mol. The van der Waals surface area contributed by atoms with Gasteiger partial charge in [-0.05, 0) is 13.0 Å². The number of pyridine rings is 1. The Morgan fingerprint density at radius 1 is 1.69 bits per heavy atom. The summed E-state index contributed by atoms with van der Waals surface area (Å²) < 4.78 is 5.29. The molecule has 0 spiro atoms. The maximum atomic E-state index is 12.2. The summed E-state index contributed by atoms with van der Waals surface area (Å²) >= 11 is 5.97. The molecule has 0 radical (unpaired) electrons. The van der Waals surface area contributed by atoms with Gasteiger partial charge in [0.05, 0.1) is 29.8 Å². The Labute approximate surface area is 99.2 Å². The molecule has 0 bridgehead atoms. The molecule has 1 amide bonds. The zero-order valence-electron chi connectivity index (χ0n) is 9.02. The van der Waals surface area contributed by atoms with E-state index in [4.69, 9.17) is 16.3 Å². The van der Waals surface area contributed by atoms with Gasteiger partial charge in [0.25, 0.3) is 5.91 Å². The van der Waals surface area contributed by atoms with Crippen LogP contribution in [-0.4, -0.2) is 41.6 Å². The van der Waals surface area contributed by atoms with Crippen molar-refractivity contribution in [1.29, 1.82) is 0 Å². The van der Waals surface area contributed by atoms with Crippen LogP contribution in [0.4, 0.5) is 0 Å². The van der Waals surface area contributed by atoms with Crippen molar-refractivity contribution in [3.8, 4) is 0 Å². The number of ether oxygens (including phenoxy) is 1. The lowest BCUT2D eigenvalue weighted by Crippen LogP contribution is -2.47. The molecule has 1 aliphatic rings. The second-order valence-corrected chi connectivity index (χ2v) is 4.19. The fraction of sp³-hybridized carbons (Fsp3) is 0.455. The molecular formula is C11H13ClN2O2. The molecule has 0 unspecified atom stereocenters. The summed E-state index contributed by atoms with van der Waals surface area (Å²) in [5.41, 5.74) is 0.456. The van der Waals surface area contributed by atoms with E-state index >= 15 is 0 Å². The average molecular weight is 241 g/mol. The highest BCUT2D eigenvalue weighted by atomic mass is 35.5. The molecule has 0 aliphatic carbocycles. The third-order valence-corrected chi connectivity index (χ3v) is 2.96. The molecule has 4 nitrogen and oxygen atoms in total. The van der Waals surface area contributed by atoms with Crippen molar-refractivity contribution < 1.29 is 9.53 Å². The van der Waals surface area contributed by atoms with Crippen LogP contribution < -0.4 is 0 Å². The Bertz CT molecular complexity index is 397. The summed E-state index contributed by atoms with van der Waals surface area (Å²) in [6.07, 6.45) is 3.08. The molecule has 86 valence electrons. The van der Waals surface area contributed by atoms with Crippen molar-refractivity contribution in [2.75, 3.05) is 19.8 Å². The molecule has 1 aromatic heterocycles. The Morgan fingerprint density at radius 3 is 3.19 bits per heavy atom. The summed E-state index contributed by atoms with van der Waals surface area (Å²) in [6.45, 7) is 3.71. The van der Waals surface area contributed by atoms with Crippen molar-refractivity contribution >= 4 is 17.5 Å². The van der Waals surface area contributed by atoms with Crippen LogP contribution in [0.3, 0.4) is 0 Å². The molecular weight excluding hydrogens is 228 g/mol. The fourth-order valence-electron chi connectivity index (χ4n) is 1.72. The van der Waals surface area contributed by atoms with Crippen LogP contribution in [0.1, 0.15) is 17.3 Å². The molecule has 1 atom stereocenters. The van der Waals surface area contributed by atoms with Gasteiger partial charge >= 0.3 is 0 Å². The van der Waals surface area contributed by atoms with Crippen LogP contribution in [0.2, 0.25) is 5.02 Å². The Hall–Kier alpha value is -1.13. The van der Waals surface area contributed by atoms with E-state index in [1.807, 2.05) is 6.92 Å². The minimum atomic E-state index is -0.0751. The standard InChI is InChI=1S/C11H13ClN2O2/c1-8-7-16-5-4-14(8)11(15)9-6-13-3-2-10(9)12/h2-3,6,8H,4-5,7H2,1H3/t8-/m1/s1. The molecule has 2 heterocycles. The summed E-state index contributed by atoms with van der Waals surface area (Å²) in [5.74, 6) is -0.0751. The number of halogens is 1. The van der Waals surface area contributed by atoms with Gasteiger partial charge < -0.3 is 9.64 Å². The van der Waals surface area contributed by atoms with Crippen LogP contribution in [0.25, 0.3) is 0 Å². The first kappa shape index (κ1) is 11.4. The Morgan fingerprint density at radius 2 is 2.50 bits per heavy atom. The van der Waals surface area contributed by atoms with Gasteiger partial charge in [-0.2, -0.15) is 0 Å². The lowest BCUT2D eigenvalue weighted by Gasteiger charge is -2.33. The van der Waals surface area contributed by atoms with E-state index in [0.717, 1.165) is 0 Å². The third-order valence-electron chi connectivity index (χ3n) is 2.63. The first-order valence-electron chi connectivity index (χ1n) is 5.18. The summed E-state index contributed by atoms with van der Waals surface area (Å²) in [7, 11) is 0. The minimum Gasteiger partial charge on any atom is -0.377 e. The molecule has 16 heavy (non-hydrogen) atoms. The van der Waals surface area contributed by atoms with Gasteiger partial charge in [0.2, 0.25) is 0 Å². The topological polar surface area (TPSA) is 42.4 Å². The van der Waals surface area contributed by atoms with Gasteiger partial charge in [0, 0.05) is 18.9 Å². The molecule has 5 heteroatoms. The van der Waals surface area contributed by atoms with Crippen LogP contribution in [0, 0.1) is 0 Å². The molecule has 1 aromatic rings. The van der Waals surface area contributed by atoms with Crippen LogP contribution >= 0.6 is 11.6 Å². The average Bonchev–Trinajstić information content (AvgIpc) is 2.29. The number of aromatic nitrogens is 1. The predicted octanol–water partition coefficient (Wildman–Crippen LogP) is 1.60. The van der Waals surface area contributed by atoms with E-state index < -0.39 is 0 Å². The van der Waals surface area contributed by atoms with Crippen LogP contribution in [0.15, 0.2) is 18.5 Å². The number of morpholine rings is 1. The van der Waals surface area contributed by atoms with Gasteiger partial charge in [-0.3, -0.25) is 9.78 Å². The molecule has 2 rings (SSSR count). The predicted molar refractivity (Wildman–Crippen MR) is 60.6 cm³/mol. The van der Waals surface area contributed by atoms with E-state index in [1.54, 1.807) is 17.2 Å². The van der Waals surface area contributed by atoms with Gasteiger partial charge in [-0.1, -0.05) is 11.6 Å². The van der Waals surface area contributed by atoms with E-state index in [9.17, 15) is 4.79 Å². The summed E-state index contributed by atoms with van der Waals surface area (Å²) in [4.78, 5) is 17.9. The van der Waals surface area contributed by atoms with Gasteiger partial charge in [0.1, 0.15) is 0 Å². The highest BCUT2D eigenvalue weighted by molar-refractivity contribution is 6.33. The minimum absolute atomic E-state index is 0.0751. The number of nitrogens with zero attached hydrogens (tertiary/aromatic N) is 2. The Balaban J connectivity index is 2.21. The van der Waals surface area contributed by atoms with Crippen molar-refractivity contribution in [1.82, 2.24) is 9.88 Å². The van der Waals surface area contributed by atoms with Crippen molar-refractivity contribution in [3.63, 3.8) is 0 Å². The van der Waals surface area contributed by atoms with Gasteiger partial charge in [0.15, 0.2) is 0 Å². The van der Waals surface area contributed by atoms with E-state index in [2.05, 4.69) is 4.98 Å². The SMILES string of the molecule is C[C@@H]1COCCN1C(=O)c1cnccc1Cl. The molecule has 0 saturated carbocycles. The highest BCUT2D eigenvalue weighted by Crippen LogP contribution is 2.18. The van der Waals surface area contributed by atoms with Crippen LogP contribution in [0.5, 0.6) is 0 Å². The number of hydrogen-bond acceptors (Lipinski definition) is 3. The van der Waals surface area contributed by atoms with Crippen molar-refractivity contribution in [3.05, 3.63) is 29.0 Å². The third kappa shape index (κ3) is 2.18. The first-order valence-corrected chi connectivity index (χ1v) is 5.56. The van der Waals surface area contributed by atoms with E-state index in [-0.39, 0.29) is 11.9 Å². The van der Waals surface area contributed by atoms with Crippen molar-refractivity contribution in [2.24, 2.45) is 0 Å². The second-order valence-electron chi connectivity index (χ2n) is 3.78. The van der Waals surface area contributed by atoms with E-state index in [0.29, 0.717) is 30.3 Å². The number of hydrogen-bond donors (Lipinski definition) is 0. The van der Waals surface area contributed by atoms with Crippen molar-refractivity contribution in [2.45, 2.75) is 13.0 Å². The number of amides is 1. The molecule has 1 aliphatic heterocycles. The zero-order valence-corrected chi connectivity index (χ0v) is 9.78. The molecule has 1 fully saturated rings.